The molecule has 110 valence electrons. The van der Waals surface area contributed by atoms with E-state index in [1.165, 1.54) is 0 Å². The van der Waals surface area contributed by atoms with Crippen LogP contribution >= 0.6 is 0 Å². The van der Waals surface area contributed by atoms with Gasteiger partial charge in [0.2, 0.25) is 5.89 Å². The number of anilines is 1. The molecule has 0 saturated heterocycles. The third-order valence-corrected chi connectivity index (χ3v) is 3.07. The van der Waals surface area contributed by atoms with Crippen molar-refractivity contribution < 1.29 is 9.21 Å². The fourth-order valence-electron chi connectivity index (χ4n) is 2.07. The molecule has 2 N–H and O–H groups in total. The number of aromatic nitrogens is 1. The van der Waals surface area contributed by atoms with Crippen LogP contribution in [0, 0.1) is 0 Å². The summed E-state index contributed by atoms with van der Waals surface area (Å²) in [6, 6.07) is 14.7. The quantitative estimate of drug-likeness (QED) is 0.719. The number of fused-ring (bicyclic) bond motifs is 1. The molecule has 0 bridgehead atoms. The van der Waals surface area contributed by atoms with Crippen LogP contribution in [0.2, 0.25) is 0 Å². The van der Waals surface area contributed by atoms with Gasteiger partial charge in [-0.2, -0.15) is 0 Å². The van der Waals surface area contributed by atoms with E-state index in [1.54, 1.807) is 12.1 Å². The number of benzene rings is 2. The van der Waals surface area contributed by atoms with Gasteiger partial charge in [-0.25, -0.2) is 9.78 Å². The normalized spacial score (nSPS) is 10.4. The highest BCUT2D eigenvalue weighted by atomic mass is 16.3. The second-order valence-corrected chi connectivity index (χ2v) is 4.69. The van der Waals surface area contributed by atoms with E-state index in [0.29, 0.717) is 18.1 Å². The summed E-state index contributed by atoms with van der Waals surface area (Å²) < 4.78 is 5.73. The van der Waals surface area contributed by atoms with Crippen molar-refractivity contribution in [3.63, 3.8) is 0 Å². The number of nitrogens with zero attached hydrogens (tertiary/aromatic N) is 1. The maximum Gasteiger partial charge on any atom is 0.319 e. The predicted octanol–water partition coefficient (Wildman–Crippen LogP) is 3.80. The molecule has 3 rings (SSSR count). The fourth-order valence-corrected chi connectivity index (χ4v) is 2.07. The molecule has 1 aromatic heterocycles. The van der Waals surface area contributed by atoms with Crippen LogP contribution in [0.5, 0.6) is 0 Å². The van der Waals surface area contributed by atoms with Crippen LogP contribution < -0.4 is 10.6 Å². The van der Waals surface area contributed by atoms with Gasteiger partial charge in [-0.15, -0.1) is 6.58 Å². The van der Waals surface area contributed by atoms with Crippen molar-refractivity contribution in [3.8, 4) is 11.5 Å². The molecule has 0 aliphatic carbocycles. The summed E-state index contributed by atoms with van der Waals surface area (Å²) >= 11 is 0. The highest BCUT2D eigenvalue weighted by Gasteiger charge is 2.09. The molecule has 2 aromatic carbocycles. The Morgan fingerprint density at radius 3 is 2.91 bits per heavy atom. The third-order valence-electron chi connectivity index (χ3n) is 3.07. The van der Waals surface area contributed by atoms with E-state index in [9.17, 15) is 4.79 Å². The molecule has 0 aliphatic heterocycles. The van der Waals surface area contributed by atoms with Crippen molar-refractivity contribution in [1.29, 1.82) is 0 Å². The fraction of sp³-hybridized carbons (Fsp3) is 0.0588. The Labute approximate surface area is 127 Å². The van der Waals surface area contributed by atoms with Crippen LogP contribution in [0.3, 0.4) is 0 Å². The van der Waals surface area contributed by atoms with Crippen LogP contribution in [0.1, 0.15) is 0 Å². The standard InChI is InChI=1S/C17H15N3O2/c1-2-10-18-17(21)19-13-7-5-6-12(11-13)16-20-14-8-3-4-9-15(14)22-16/h2-9,11H,1,10H2,(H2,18,19,21). The minimum absolute atomic E-state index is 0.283. The molecule has 5 heteroatoms. The summed E-state index contributed by atoms with van der Waals surface area (Å²) in [7, 11) is 0. The molecule has 0 aliphatic rings. The second kappa shape index (κ2) is 6.13. The number of carbonyl (C=O) groups is 1. The number of carbonyl (C=O) groups excluding carboxylic acids is 1. The van der Waals surface area contributed by atoms with Crippen molar-refractivity contribution >= 4 is 22.8 Å². The van der Waals surface area contributed by atoms with Crippen molar-refractivity contribution in [3.05, 3.63) is 61.2 Å². The molecular weight excluding hydrogens is 278 g/mol. The van der Waals surface area contributed by atoms with Gasteiger partial charge >= 0.3 is 6.03 Å². The average molecular weight is 293 g/mol. The summed E-state index contributed by atoms with van der Waals surface area (Å²) in [5, 5.41) is 5.41. The third kappa shape index (κ3) is 2.98. The van der Waals surface area contributed by atoms with Gasteiger partial charge in [0.1, 0.15) is 5.52 Å². The monoisotopic (exact) mass is 293 g/mol. The van der Waals surface area contributed by atoms with E-state index >= 15 is 0 Å². The van der Waals surface area contributed by atoms with Crippen molar-refractivity contribution in [2.45, 2.75) is 0 Å². The first-order valence-corrected chi connectivity index (χ1v) is 6.88. The average Bonchev–Trinajstić information content (AvgIpc) is 2.97. The van der Waals surface area contributed by atoms with Gasteiger partial charge in [0.25, 0.3) is 0 Å². The van der Waals surface area contributed by atoms with Crippen LogP contribution in [0.25, 0.3) is 22.6 Å². The number of amides is 2. The molecule has 0 saturated carbocycles. The number of nitrogens with one attached hydrogen (secondary N) is 2. The van der Waals surface area contributed by atoms with Gasteiger partial charge in [0.15, 0.2) is 5.58 Å². The number of para-hydroxylation sites is 2. The summed E-state index contributed by atoms with van der Waals surface area (Å²) in [5.74, 6) is 0.524. The van der Waals surface area contributed by atoms with Gasteiger partial charge in [-0.3, -0.25) is 0 Å². The molecule has 0 unspecified atom stereocenters. The van der Waals surface area contributed by atoms with E-state index in [2.05, 4.69) is 22.2 Å². The summed E-state index contributed by atoms with van der Waals surface area (Å²) in [6.45, 7) is 3.96. The van der Waals surface area contributed by atoms with Gasteiger partial charge in [0, 0.05) is 17.8 Å². The number of hydrogen-bond donors (Lipinski definition) is 2. The van der Waals surface area contributed by atoms with Crippen LogP contribution in [0.15, 0.2) is 65.6 Å². The van der Waals surface area contributed by atoms with E-state index in [0.717, 1.165) is 16.7 Å². The molecule has 0 radical (unpaired) electrons. The Morgan fingerprint density at radius 1 is 1.23 bits per heavy atom. The number of oxazole rings is 1. The smallest absolute Gasteiger partial charge is 0.319 e. The Hall–Kier alpha value is -3.08. The van der Waals surface area contributed by atoms with Gasteiger partial charge in [0.05, 0.1) is 0 Å². The summed E-state index contributed by atoms with van der Waals surface area (Å²) in [6.07, 6.45) is 1.62. The lowest BCUT2D eigenvalue weighted by Gasteiger charge is -2.06. The Morgan fingerprint density at radius 2 is 2.09 bits per heavy atom. The predicted molar refractivity (Wildman–Crippen MR) is 86.7 cm³/mol. The van der Waals surface area contributed by atoms with Crippen LogP contribution in [0.4, 0.5) is 10.5 Å². The lowest BCUT2D eigenvalue weighted by atomic mass is 10.2. The molecule has 2 amide bonds. The maximum absolute atomic E-state index is 11.7. The summed E-state index contributed by atoms with van der Waals surface area (Å²) in [4.78, 5) is 16.1. The molecule has 0 fully saturated rings. The second-order valence-electron chi connectivity index (χ2n) is 4.69. The molecule has 0 atom stereocenters. The van der Waals surface area contributed by atoms with E-state index in [4.69, 9.17) is 4.42 Å². The van der Waals surface area contributed by atoms with E-state index < -0.39 is 0 Å². The van der Waals surface area contributed by atoms with Crippen molar-refractivity contribution in [1.82, 2.24) is 10.3 Å². The van der Waals surface area contributed by atoms with Crippen molar-refractivity contribution in [2.24, 2.45) is 0 Å². The van der Waals surface area contributed by atoms with Crippen LogP contribution in [-0.2, 0) is 0 Å². The number of urea groups is 1. The largest absolute Gasteiger partial charge is 0.436 e. The number of rotatable bonds is 4. The highest BCUT2D eigenvalue weighted by molar-refractivity contribution is 5.90. The van der Waals surface area contributed by atoms with Gasteiger partial charge in [-0.05, 0) is 30.3 Å². The SMILES string of the molecule is C=CCNC(=O)Nc1cccc(-c2nc3ccccc3o2)c1. The Bertz CT molecular complexity index is 790. The van der Waals surface area contributed by atoms with E-state index in [1.807, 2.05) is 42.5 Å². The first kappa shape index (κ1) is 13.9. The lowest BCUT2D eigenvalue weighted by molar-refractivity contribution is 0.253. The molecule has 5 nitrogen and oxygen atoms in total. The summed E-state index contributed by atoms with van der Waals surface area (Å²) in [5.41, 5.74) is 3.01. The zero-order valence-corrected chi connectivity index (χ0v) is 11.9. The zero-order valence-electron chi connectivity index (χ0n) is 11.9. The maximum atomic E-state index is 11.7. The lowest BCUT2D eigenvalue weighted by Crippen LogP contribution is -2.28. The first-order chi connectivity index (χ1) is 10.8. The molecule has 3 aromatic rings. The van der Waals surface area contributed by atoms with E-state index in [-0.39, 0.29) is 6.03 Å². The molecule has 22 heavy (non-hydrogen) atoms. The highest BCUT2D eigenvalue weighted by Crippen LogP contribution is 2.25. The zero-order chi connectivity index (χ0) is 15.4. The van der Waals surface area contributed by atoms with Crippen LogP contribution in [-0.4, -0.2) is 17.6 Å². The van der Waals surface area contributed by atoms with Gasteiger partial charge in [-0.1, -0.05) is 24.3 Å². The first-order valence-electron chi connectivity index (χ1n) is 6.88. The molecule has 1 heterocycles. The minimum atomic E-state index is -0.283. The van der Waals surface area contributed by atoms with Gasteiger partial charge < -0.3 is 15.1 Å². The van der Waals surface area contributed by atoms with Crippen molar-refractivity contribution in [2.75, 3.05) is 11.9 Å². The number of hydrogen-bond acceptors (Lipinski definition) is 3. The Balaban J connectivity index is 1.84. The minimum Gasteiger partial charge on any atom is -0.436 e. The molecule has 0 spiro atoms. The Kier molecular flexibility index (Phi) is 3.87. The molecular formula is C17H15N3O2. The topological polar surface area (TPSA) is 67.2 Å².